The molecule has 0 aliphatic rings. The second-order valence-electron chi connectivity index (χ2n) is 6.63. The Morgan fingerprint density at radius 3 is 2.38 bits per heavy atom. The molecular weight excluding hydrogens is 434 g/mol. The number of fused-ring (bicyclic) bond motifs is 1. The standard InChI is InChI=1S/C22H19N3O6S/c1-12(26)31-15-7-5-6-13(8-15)9-18-21(27)25-22(32-18)23-20(24-25)14-10-16(28-2)19(30-4)17(11-14)29-3/h5-11H,1-4H3/b18-9-. The minimum atomic E-state index is -0.412. The molecule has 0 unspecified atom stereocenters. The number of ether oxygens (including phenoxy) is 4. The quantitative estimate of drug-likeness (QED) is 0.324. The summed E-state index contributed by atoms with van der Waals surface area (Å²) in [6, 6.07) is 10.3. The van der Waals surface area contributed by atoms with Crippen molar-refractivity contribution in [1.82, 2.24) is 14.6 Å². The van der Waals surface area contributed by atoms with Crippen molar-refractivity contribution in [3.8, 4) is 34.4 Å². The molecule has 0 aliphatic heterocycles. The summed E-state index contributed by atoms with van der Waals surface area (Å²) < 4.78 is 22.9. The molecule has 0 atom stereocenters. The Morgan fingerprint density at radius 2 is 1.78 bits per heavy atom. The van der Waals surface area contributed by atoms with Crippen LogP contribution in [-0.2, 0) is 4.79 Å². The lowest BCUT2D eigenvalue weighted by atomic mass is 10.1. The van der Waals surface area contributed by atoms with Gasteiger partial charge in [0.15, 0.2) is 17.3 Å². The lowest BCUT2D eigenvalue weighted by Crippen LogP contribution is -2.23. The molecule has 32 heavy (non-hydrogen) atoms. The van der Waals surface area contributed by atoms with Gasteiger partial charge in [-0.2, -0.15) is 9.50 Å². The Labute approximate surface area is 186 Å². The van der Waals surface area contributed by atoms with Crippen molar-refractivity contribution in [1.29, 1.82) is 0 Å². The zero-order valence-electron chi connectivity index (χ0n) is 17.7. The minimum Gasteiger partial charge on any atom is -0.493 e. The zero-order chi connectivity index (χ0) is 22.8. The first-order valence-corrected chi connectivity index (χ1v) is 10.2. The number of carbonyl (C=O) groups is 1. The Kier molecular flexibility index (Phi) is 5.78. The van der Waals surface area contributed by atoms with E-state index in [4.69, 9.17) is 18.9 Å². The fraction of sp³-hybridized carbons (Fsp3) is 0.182. The lowest BCUT2D eigenvalue weighted by Gasteiger charge is -2.12. The lowest BCUT2D eigenvalue weighted by molar-refractivity contribution is -0.131. The van der Waals surface area contributed by atoms with E-state index in [0.29, 0.717) is 43.9 Å². The van der Waals surface area contributed by atoms with Crippen LogP contribution in [0.3, 0.4) is 0 Å². The van der Waals surface area contributed by atoms with Crippen molar-refractivity contribution < 1.29 is 23.7 Å². The molecule has 0 bridgehead atoms. The number of benzene rings is 2. The van der Waals surface area contributed by atoms with E-state index in [2.05, 4.69) is 10.1 Å². The number of hydrogen-bond donors (Lipinski definition) is 0. The van der Waals surface area contributed by atoms with Crippen molar-refractivity contribution >= 4 is 28.3 Å². The van der Waals surface area contributed by atoms with Crippen LogP contribution in [0.4, 0.5) is 0 Å². The van der Waals surface area contributed by atoms with Crippen molar-refractivity contribution in [2.45, 2.75) is 6.92 Å². The summed E-state index contributed by atoms with van der Waals surface area (Å²) in [5.41, 5.74) is 1.04. The summed E-state index contributed by atoms with van der Waals surface area (Å²) in [5, 5.41) is 4.37. The molecule has 2 aromatic carbocycles. The van der Waals surface area contributed by atoms with Gasteiger partial charge in [0.2, 0.25) is 10.7 Å². The van der Waals surface area contributed by atoms with Crippen LogP contribution < -0.4 is 29.0 Å². The third-order valence-corrected chi connectivity index (χ3v) is 5.48. The smallest absolute Gasteiger partial charge is 0.308 e. The zero-order valence-corrected chi connectivity index (χ0v) is 18.6. The molecule has 2 aromatic heterocycles. The molecule has 0 amide bonds. The molecule has 10 heteroatoms. The van der Waals surface area contributed by atoms with Crippen LogP contribution in [-0.4, -0.2) is 41.9 Å². The van der Waals surface area contributed by atoms with E-state index in [1.165, 1.54) is 44.1 Å². The molecule has 4 aromatic rings. The minimum absolute atomic E-state index is 0.297. The molecular formula is C22H19N3O6S. The fourth-order valence-corrected chi connectivity index (χ4v) is 4.06. The van der Waals surface area contributed by atoms with Gasteiger partial charge in [-0.15, -0.1) is 5.10 Å². The van der Waals surface area contributed by atoms with E-state index < -0.39 is 5.97 Å². The number of methoxy groups -OCH3 is 3. The van der Waals surface area contributed by atoms with E-state index in [9.17, 15) is 9.59 Å². The molecule has 0 fully saturated rings. The van der Waals surface area contributed by atoms with Crippen LogP contribution in [0.1, 0.15) is 12.5 Å². The highest BCUT2D eigenvalue weighted by Crippen LogP contribution is 2.40. The topological polar surface area (TPSA) is 101 Å². The van der Waals surface area contributed by atoms with Crippen LogP contribution >= 0.6 is 11.3 Å². The molecule has 4 rings (SSSR count). The van der Waals surface area contributed by atoms with E-state index >= 15 is 0 Å². The number of carbonyl (C=O) groups excluding carboxylic acids is 1. The summed E-state index contributed by atoms with van der Waals surface area (Å²) in [7, 11) is 4.57. The monoisotopic (exact) mass is 453 g/mol. The van der Waals surface area contributed by atoms with Gasteiger partial charge in [-0.25, -0.2) is 0 Å². The summed E-state index contributed by atoms with van der Waals surface area (Å²) in [6.45, 7) is 1.33. The number of hydrogen-bond acceptors (Lipinski definition) is 9. The molecule has 0 spiro atoms. The third-order valence-electron chi connectivity index (χ3n) is 4.52. The number of esters is 1. The highest BCUT2D eigenvalue weighted by Gasteiger charge is 2.18. The first-order valence-electron chi connectivity index (χ1n) is 9.43. The second-order valence-corrected chi connectivity index (χ2v) is 7.63. The molecule has 0 saturated carbocycles. The van der Waals surface area contributed by atoms with Gasteiger partial charge in [0.25, 0.3) is 5.56 Å². The summed E-state index contributed by atoms with van der Waals surface area (Å²) in [6.07, 6.45) is 1.70. The van der Waals surface area contributed by atoms with Gasteiger partial charge in [-0.05, 0) is 35.9 Å². The van der Waals surface area contributed by atoms with Gasteiger partial charge in [0.1, 0.15) is 5.75 Å². The van der Waals surface area contributed by atoms with Crippen LogP contribution in [0.15, 0.2) is 41.2 Å². The maximum atomic E-state index is 12.9. The normalized spacial score (nSPS) is 11.6. The SMILES string of the molecule is COc1cc(-c2nc3s/c(=C\c4cccc(OC(C)=O)c4)c(=O)n3n2)cc(OC)c1OC. The van der Waals surface area contributed by atoms with E-state index in [1.807, 2.05) is 6.07 Å². The number of aromatic nitrogens is 3. The fourth-order valence-electron chi connectivity index (χ4n) is 3.15. The van der Waals surface area contributed by atoms with Gasteiger partial charge in [0.05, 0.1) is 25.9 Å². The first kappa shape index (κ1) is 21.3. The highest BCUT2D eigenvalue weighted by molar-refractivity contribution is 7.15. The molecule has 0 N–H and O–H groups in total. The van der Waals surface area contributed by atoms with Gasteiger partial charge in [-0.3, -0.25) is 9.59 Å². The average molecular weight is 453 g/mol. The van der Waals surface area contributed by atoms with Crippen molar-refractivity contribution in [3.63, 3.8) is 0 Å². The Balaban J connectivity index is 1.75. The van der Waals surface area contributed by atoms with E-state index in [-0.39, 0.29) is 5.56 Å². The molecule has 0 aliphatic carbocycles. The number of nitrogens with zero attached hydrogens (tertiary/aromatic N) is 3. The van der Waals surface area contributed by atoms with Crippen molar-refractivity contribution in [2.24, 2.45) is 0 Å². The van der Waals surface area contributed by atoms with Gasteiger partial charge >= 0.3 is 5.97 Å². The third kappa shape index (κ3) is 4.00. The summed E-state index contributed by atoms with van der Waals surface area (Å²) >= 11 is 1.21. The van der Waals surface area contributed by atoms with Crippen molar-refractivity contribution in [2.75, 3.05) is 21.3 Å². The Bertz CT molecular complexity index is 1400. The molecule has 2 heterocycles. The number of thiazole rings is 1. The summed E-state index contributed by atoms with van der Waals surface area (Å²) in [4.78, 5) is 29.0. The molecule has 0 radical (unpaired) electrons. The largest absolute Gasteiger partial charge is 0.493 e. The Morgan fingerprint density at radius 1 is 1.06 bits per heavy atom. The number of rotatable bonds is 6. The van der Waals surface area contributed by atoms with Crippen LogP contribution in [0, 0.1) is 0 Å². The highest BCUT2D eigenvalue weighted by atomic mass is 32.1. The van der Waals surface area contributed by atoms with Crippen LogP contribution in [0.2, 0.25) is 0 Å². The predicted octanol–water partition coefficient (Wildman–Crippen LogP) is 2.32. The maximum absolute atomic E-state index is 12.9. The van der Waals surface area contributed by atoms with Gasteiger partial charge < -0.3 is 18.9 Å². The second kappa shape index (κ2) is 8.67. The van der Waals surface area contributed by atoms with Crippen molar-refractivity contribution in [3.05, 3.63) is 56.8 Å². The first-order chi connectivity index (χ1) is 15.4. The van der Waals surface area contributed by atoms with Gasteiger partial charge in [0, 0.05) is 12.5 Å². The Hall–Kier alpha value is -3.92. The summed E-state index contributed by atoms with van der Waals surface area (Å²) in [5.74, 6) is 1.73. The van der Waals surface area contributed by atoms with Gasteiger partial charge in [-0.1, -0.05) is 23.5 Å². The van der Waals surface area contributed by atoms with E-state index in [0.717, 1.165) is 5.56 Å². The maximum Gasteiger partial charge on any atom is 0.308 e. The molecule has 164 valence electrons. The average Bonchev–Trinajstić information content (AvgIpc) is 3.32. The van der Waals surface area contributed by atoms with Crippen LogP contribution in [0.25, 0.3) is 22.4 Å². The predicted molar refractivity (Wildman–Crippen MR) is 119 cm³/mol. The van der Waals surface area contributed by atoms with Crippen LogP contribution in [0.5, 0.6) is 23.0 Å². The molecule has 0 saturated heterocycles. The van der Waals surface area contributed by atoms with E-state index in [1.54, 1.807) is 36.4 Å². The molecule has 9 nitrogen and oxygen atoms in total.